The summed E-state index contributed by atoms with van der Waals surface area (Å²) in [6.07, 6.45) is 5.59. The summed E-state index contributed by atoms with van der Waals surface area (Å²) in [4.78, 5) is 12.3. The highest BCUT2D eigenvalue weighted by Crippen LogP contribution is 2.18. The molecule has 0 spiro atoms. The van der Waals surface area contributed by atoms with Gasteiger partial charge in [-0.25, -0.2) is 0 Å². The molecule has 1 fully saturated rings. The van der Waals surface area contributed by atoms with E-state index in [9.17, 15) is 4.79 Å². The van der Waals surface area contributed by atoms with Gasteiger partial charge in [0, 0.05) is 5.56 Å². The largest absolute Gasteiger partial charge is 1.00 e. The number of ether oxygens (including phenoxy) is 1. The summed E-state index contributed by atoms with van der Waals surface area (Å²) in [7, 11) is 2.29. The molecule has 0 aromatic heterocycles. The number of nitrogens with zero attached hydrogens (tertiary/aromatic N) is 1. The van der Waals surface area contributed by atoms with Crippen molar-refractivity contribution >= 4 is 5.78 Å². The zero-order valence-electron chi connectivity index (χ0n) is 13.8. The number of benzene rings is 1. The molecule has 0 bridgehead atoms. The van der Waals surface area contributed by atoms with Crippen LogP contribution in [0, 0.1) is 0 Å². The number of rotatable bonds is 7. The van der Waals surface area contributed by atoms with Gasteiger partial charge >= 0.3 is 0 Å². The lowest BCUT2D eigenvalue weighted by Crippen LogP contribution is -3.00. The Kier molecular flexibility index (Phi) is 7.91. The van der Waals surface area contributed by atoms with E-state index >= 15 is 0 Å². The zero-order chi connectivity index (χ0) is 15.1. The Labute approximate surface area is 140 Å². The molecule has 0 unspecified atom stereocenters. The second-order valence-corrected chi connectivity index (χ2v) is 6.40. The minimum Gasteiger partial charge on any atom is -1.00 e. The normalized spacial score (nSPS) is 16.6. The van der Waals surface area contributed by atoms with Crippen LogP contribution in [0.2, 0.25) is 0 Å². The maximum absolute atomic E-state index is 12.3. The van der Waals surface area contributed by atoms with E-state index in [0.717, 1.165) is 35.4 Å². The maximum atomic E-state index is 12.3. The maximum Gasteiger partial charge on any atom is 0.168 e. The van der Waals surface area contributed by atoms with Crippen LogP contribution in [0.3, 0.4) is 0 Å². The van der Waals surface area contributed by atoms with Crippen LogP contribution in [0.5, 0.6) is 5.75 Å². The highest BCUT2D eigenvalue weighted by molar-refractivity contribution is 5.96. The Balaban J connectivity index is 0.00000242. The van der Waals surface area contributed by atoms with Crippen LogP contribution >= 0.6 is 0 Å². The van der Waals surface area contributed by atoms with Crippen LogP contribution in [0.15, 0.2) is 24.3 Å². The lowest BCUT2D eigenvalue weighted by Gasteiger charge is -2.37. The van der Waals surface area contributed by atoms with Gasteiger partial charge < -0.3 is 21.6 Å². The Hall–Kier alpha value is -1.06. The van der Waals surface area contributed by atoms with Crippen molar-refractivity contribution in [3.63, 3.8) is 0 Å². The molecule has 2 rings (SSSR count). The molecule has 1 aromatic rings. The first-order valence-corrected chi connectivity index (χ1v) is 8.22. The topological polar surface area (TPSA) is 26.3 Å². The average Bonchev–Trinajstić information content (AvgIpc) is 2.52. The van der Waals surface area contributed by atoms with Crippen molar-refractivity contribution in [2.24, 2.45) is 0 Å². The molecule has 4 heteroatoms. The third-order valence-corrected chi connectivity index (χ3v) is 4.42. The average molecular weight is 326 g/mol. The fraction of sp³-hybridized carbons (Fsp3) is 0.611. The highest BCUT2D eigenvalue weighted by atomic mass is 35.5. The van der Waals surface area contributed by atoms with Gasteiger partial charge in [-0.2, -0.15) is 0 Å². The first-order valence-electron chi connectivity index (χ1n) is 8.22. The minimum atomic E-state index is 0. The van der Waals surface area contributed by atoms with Crippen LogP contribution in [0.25, 0.3) is 0 Å². The van der Waals surface area contributed by atoms with E-state index in [0.29, 0.717) is 6.42 Å². The van der Waals surface area contributed by atoms with Crippen molar-refractivity contribution in [1.82, 2.24) is 0 Å². The van der Waals surface area contributed by atoms with Crippen molar-refractivity contribution in [3.8, 4) is 5.75 Å². The van der Waals surface area contributed by atoms with Gasteiger partial charge in [0.25, 0.3) is 0 Å². The number of likely N-dealkylation sites (tertiary alicyclic amines) is 1. The molecule has 0 amide bonds. The Morgan fingerprint density at radius 2 is 1.77 bits per heavy atom. The molecule has 0 atom stereocenters. The third-order valence-electron chi connectivity index (χ3n) is 4.42. The predicted molar refractivity (Wildman–Crippen MR) is 85.8 cm³/mol. The van der Waals surface area contributed by atoms with Gasteiger partial charge in [0.15, 0.2) is 5.78 Å². The molecular weight excluding hydrogens is 298 g/mol. The van der Waals surface area contributed by atoms with Crippen LogP contribution in [-0.2, 0) is 0 Å². The standard InChI is InChI=1S/C18H28NO2.ClH/c1-3-15-21-17-9-7-16(8-10-17)18(20)11-14-19(2)12-5-4-6-13-19;/h7-10H,3-6,11-15H2,1-2H3;1H/q+1;/p-1. The van der Waals surface area contributed by atoms with Gasteiger partial charge in [0.05, 0.1) is 39.7 Å². The molecule has 0 N–H and O–H groups in total. The number of carbonyl (C=O) groups is 1. The van der Waals surface area contributed by atoms with E-state index in [1.54, 1.807) is 0 Å². The van der Waals surface area contributed by atoms with Crippen molar-refractivity contribution in [2.75, 3.05) is 33.3 Å². The number of hydrogen-bond acceptors (Lipinski definition) is 2. The van der Waals surface area contributed by atoms with Gasteiger partial charge in [-0.05, 0) is 49.9 Å². The first kappa shape index (κ1) is 19.0. The number of hydrogen-bond donors (Lipinski definition) is 0. The highest BCUT2D eigenvalue weighted by Gasteiger charge is 2.25. The first-order chi connectivity index (χ1) is 10.1. The van der Waals surface area contributed by atoms with Crippen LogP contribution in [-0.4, -0.2) is 43.6 Å². The quantitative estimate of drug-likeness (QED) is 0.544. The summed E-state index contributed by atoms with van der Waals surface area (Å²) in [6.45, 7) is 6.21. The van der Waals surface area contributed by atoms with Crippen LogP contribution in [0.1, 0.15) is 49.4 Å². The van der Waals surface area contributed by atoms with Crippen LogP contribution in [0.4, 0.5) is 0 Å². The SMILES string of the molecule is CCCOc1ccc(C(=O)CC[N+]2(C)CCCCC2)cc1.[Cl-]. The van der Waals surface area contributed by atoms with E-state index < -0.39 is 0 Å². The second-order valence-electron chi connectivity index (χ2n) is 6.40. The summed E-state index contributed by atoms with van der Waals surface area (Å²) in [5.74, 6) is 1.10. The lowest BCUT2D eigenvalue weighted by atomic mass is 10.0. The monoisotopic (exact) mass is 325 g/mol. The van der Waals surface area contributed by atoms with E-state index in [-0.39, 0.29) is 18.2 Å². The molecule has 1 aromatic carbocycles. The van der Waals surface area contributed by atoms with Crippen molar-refractivity contribution in [3.05, 3.63) is 29.8 Å². The number of carbonyl (C=O) groups excluding carboxylic acids is 1. The molecule has 1 heterocycles. The van der Waals surface area contributed by atoms with Gasteiger partial charge in [0.2, 0.25) is 0 Å². The summed E-state index contributed by atoms with van der Waals surface area (Å²) in [5.41, 5.74) is 0.808. The predicted octanol–water partition coefficient (Wildman–Crippen LogP) is 0.683. The molecule has 0 radical (unpaired) electrons. The molecular formula is C18H28ClNO2. The van der Waals surface area contributed by atoms with Gasteiger partial charge in [-0.3, -0.25) is 4.79 Å². The molecule has 3 nitrogen and oxygen atoms in total. The molecule has 1 aliphatic heterocycles. The fourth-order valence-corrected chi connectivity index (χ4v) is 2.97. The number of piperidine rings is 1. The number of ketones is 1. The molecule has 124 valence electrons. The molecule has 0 aliphatic carbocycles. The smallest absolute Gasteiger partial charge is 0.168 e. The van der Waals surface area contributed by atoms with E-state index in [1.807, 2.05) is 24.3 Å². The van der Waals surface area contributed by atoms with Gasteiger partial charge in [-0.1, -0.05) is 6.92 Å². The number of halogens is 1. The van der Waals surface area contributed by atoms with Gasteiger partial charge in [-0.15, -0.1) is 0 Å². The Morgan fingerprint density at radius 1 is 1.14 bits per heavy atom. The number of Topliss-reactive ketones (excluding diaryl/α,β-unsaturated/α-hetero) is 1. The van der Waals surface area contributed by atoms with E-state index in [1.165, 1.54) is 32.4 Å². The summed E-state index contributed by atoms with van der Waals surface area (Å²) in [6, 6.07) is 7.59. The molecule has 0 saturated carbocycles. The summed E-state index contributed by atoms with van der Waals surface area (Å²) < 4.78 is 6.61. The molecule has 22 heavy (non-hydrogen) atoms. The van der Waals surface area contributed by atoms with Gasteiger partial charge in [0.1, 0.15) is 5.75 Å². The summed E-state index contributed by atoms with van der Waals surface area (Å²) >= 11 is 0. The minimum absolute atomic E-state index is 0. The Morgan fingerprint density at radius 3 is 2.36 bits per heavy atom. The second kappa shape index (κ2) is 9.16. The Bertz CT molecular complexity index is 453. The van der Waals surface area contributed by atoms with Crippen molar-refractivity contribution < 1.29 is 26.4 Å². The third kappa shape index (κ3) is 5.62. The zero-order valence-corrected chi connectivity index (χ0v) is 14.6. The molecule has 1 aliphatic rings. The lowest BCUT2D eigenvalue weighted by molar-refractivity contribution is -0.913. The summed E-state index contributed by atoms with van der Waals surface area (Å²) in [5, 5.41) is 0. The van der Waals surface area contributed by atoms with E-state index in [4.69, 9.17) is 4.74 Å². The number of quaternary nitrogens is 1. The fourth-order valence-electron chi connectivity index (χ4n) is 2.97. The van der Waals surface area contributed by atoms with Crippen molar-refractivity contribution in [1.29, 1.82) is 0 Å². The van der Waals surface area contributed by atoms with Crippen molar-refractivity contribution in [2.45, 2.75) is 39.0 Å². The van der Waals surface area contributed by atoms with E-state index in [2.05, 4.69) is 14.0 Å². The molecule has 1 saturated heterocycles. The van der Waals surface area contributed by atoms with Crippen LogP contribution < -0.4 is 17.1 Å².